The van der Waals surface area contributed by atoms with Crippen molar-refractivity contribution in [3.05, 3.63) is 59.7 Å². The minimum atomic E-state index is -1.41. The van der Waals surface area contributed by atoms with Gasteiger partial charge in [-0.3, -0.25) is 9.59 Å². The molecule has 0 unspecified atom stereocenters. The molecule has 0 fully saturated rings. The Bertz CT molecular complexity index is 1140. The second-order valence-corrected chi connectivity index (χ2v) is 10.4. The van der Waals surface area contributed by atoms with Crippen LogP contribution in [0.2, 0.25) is 0 Å². The van der Waals surface area contributed by atoms with Crippen LogP contribution in [-0.4, -0.2) is 60.9 Å². The maximum absolute atomic E-state index is 13.8. The number of hydrogen-bond acceptors (Lipinski definition) is 8. The molecule has 9 nitrogen and oxygen atoms in total. The first kappa shape index (κ1) is 30.0. The van der Waals surface area contributed by atoms with Gasteiger partial charge in [0.05, 0.1) is 13.7 Å². The lowest BCUT2D eigenvalue weighted by atomic mass is 9.83. The fourth-order valence-corrected chi connectivity index (χ4v) is 4.25. The van der Waals surface area contributed by atoms with Gasteiger partial charge in [-0.2, -0.15) is 0 Å². The monoisotopic (exact) mass is 540 g/mol. The van der Waals surface area contributed by atoms with E-state index < -0.39 is 23.2 Å². The summed E-state index contributed by atoms with van der Waals surface area (Å²) in [6.45, 7) is 8.30. The van der Waals surface area contributed by atoms with Gasteiger partial charge in [0.2, 0.25) is 5.90 Å². The maximum Gasteiger partial charge on any atom is 0.306 e. The van der Waals surface area contributed by atoms with Crippen molar-refractivity contribution in [3.8, 4) is 11.5 Å². The van der Waals surface area contributed by atoms with Gasteiger partial charge in [0.25, 0.3) is 5.91 Å². The second-order valence-electron chi connectivity index (χ2n) is 10.4. The van der Waals surface area contributed by atoms with E-state index in [4.69, 9.17) is 29.0 Å². The van der Waals surface area contributed by atoms with E-state index in [1.165, 1.54) is 0 Å². The highest BCUT2D eigenvalue weighted by atomic mass is 16.6. The Hall–Kier alpha value is -3.59. The van der Waals surface area contributed by atoms with Crippen LogP contribution in [0.25, 0.3) is 0 Å². The molecule has 2 atom stereocenters. The fraction of sp³-hybridized carbons (Fsp3) is 0.500. The molecule has 1 aliphatic rings. The van der Waals surface area contributed by atoms with Crippen LogP contribution in [0.5, 0.6) is 11.5 Å². The molecular weight excluding hydrogens is 500 g/mol. The molecular formula is C30H40N2O7. The average molecular weight is 541 g/mol. The second kappa shape index (κ2) is 13.5. The van der Waals surface area contributed by atoms with Gasteiger partial charge in [-0.15, -0.1) is 0 Å². The number of carbonyl (C=O) groups is 2. The number of esters is 1. The van der Waals surface area contributed by atoms with Crippen molar-refractivity contribution in [2.24, 2.45) is 4.99 Å². The molecule has 0 saturated heterocycles. The highest BCUT2D eigenvalue weighted by Gasteiger charge is 2.53. The number of methoxy groups -OCH3 is 1. The molecule has 0 saturated carbocycles. The van der Waals surface area contributed by atoms with E-state index in [-0.39, 0.29) is 25.4 Å². The normalized spacial score (nSPS) is 18.6. The molecule has 1 amide bonds. The van der Waals surface area contributed by atoms with Gasteiger partial charge < -0.3 is 29.4 Å². The number of nitrogens with one attached hydrogen (secondary N) is 1. The molecule has 1 heterocycles. The van der Waals surface area contributed by atoms with E-state index >= 15 is 0 Å². The first-order valence-corrected chi connectivity index (χ1v) is 13.4. The van der Waals surface area contributed by atoms with Crippen molar-refractivity contribution in [1.82, 2.24) is 5.32 Å². The summed E-state index contributed by atoms with van der Waals surface area (Å²) in [6.07, 6.45) is 0.544. The van der Waals surface area contributed by atoms with E-state index in [2.05, 4.69) is 5.32 Å². The minimum Gasteiger partial charge on any atom is -0.497 e. The summed E-state index contributed by atoms with van der Waals surface area (Å²) >= 11 is 0. The number of amides is 1. The molecule has 0 aliphatic carbocycles. The predicted molar refractivity (Wildman–Crippen MR) is 148 cm³/mol. The Morgan fingerprint density at radius 2 is 1.87 bits per heavy atom. The summed E-state index contributed by atoms with van der Waals surface area (Å²) in [5, 5.41) is 12.0. The van der Waals surface area contributed by atoms with Crippen LogP contribution in [-0.2, 0) is 19.1 Å². The van der Waals surface area contributed by atoms with Gasteiger partial charge in [0.15, 0.2) is 11.6 Å². The Morgan fingerprint density at radius 3 is 2.51 bits per heavy atom. The number of aliphatic hydroxyl groups is 1. The molecule has 1 aliphatic heterocycles. The quantitative estimate of drug-likeness (QED) is 0.286. The molecule has 2 N–H and O–H groups in total. The number of hydrogen-bond donors (Lipinski definition) is 2. The Balaban J connectivity index is 2.02. The third-order valence-electron chi connectivity index (χ3n) is 6.09. The predicted octanol–water partition coefficient (Wildman–Crippen LogP) is 4.36. The Labute approximate surface area is 230 Å². The fourth-order valence-electron chi connectivity index (χ4n) is 4.25. The zero-order chi connectivity index (χ0) is 28.5. The van der Waals surface area contributed by atoms with Crippen LogP contribution in [0, 0.1) is 0 Å². The van der Waals surface area contributed by atoms with E-state index in [1.54, 1.807) is 40.0 Å². The van der Waals surface area contributed by atoms with Crippen molar-refractivity contribution in [1.29, 1.82) is 0 Å². The third kappa shape index (κ3) is 7.95. The number of rotatable bonds is 13. The highest BCUT2D eigenvalue weighted by molar-refractivity contribution is 6.01. The zero-order valence-corrected chi connectivity index (χ0v) is 23.5. The third-order valence-corrected chi connectivity index (χ3v) is 6.09. The van der Waals surface area contributed by atoms with Crippen molar-refractivity contribution in [2.45, 2.75) is 70.6 Å². The van der Waals surface area contributed by atoms with Gasteiger partial charge in [-0.1, -0.05) is 19.1 Å². The van der Waals surface area contributed by atoms with Crippen molar-refractivity contribution >= 4 is 17.8 Å². The molecule has 2 aromatic carbocycles. The SMILES string of the molecule is CCCNC(=O)[C@]1(CCC(=O)OC(C)(C)C)N=C(c2ccc(OCCCO)cc2)O[C@@H]1c1cccc(OC)c1. The van der Waals surface area contributed by atoms with Crippen LogP contribution < -0.4 is 14.8 Å². The van der Waals surface area contributed by atoms with E-state index in [1.807, 2.05) is 43.3 Å². The van der Waals surface area contributed by atoms with Gasteiger partial charge in [-0.25, -0.2) is 4.99 Å². The number of aliphatic imine (C=N–C) groups is 1. The summed E-state index contributed by atoms with van der Waals surface area (Å²) in [5.74, 6) is 0.818. The van der Waals surface area contributed by atoms with Gasteiger partial charge in [0.1, 0.15) is 17.1 Å². The van der Waals surface area contributed by atoms with Crippen LogP contribution in [0.1, 0.15) is 70.6 Å². The summed E-state index contributed by atoms with van der Waals surface area (Å²) in [7, 11) is 1.57. The maximum atomic E-state index is 13.8. The van der Waals surface area contributed by atoms with Crippen molar-refractivity contribution in [3.63, 3.8) is 0 Å². The molecule has 0 aromatic heterocycles. The number of carbonyl (C=O) groups excluding carboxylic acids is 2. The van der Waals surface area contributed by atoms with Crippen LogP contribution in [0.4, 0.5) is 0 Å². The van der Waals surface area contributed by atoms with Crippen molar-refractivity contribution < 1.29 is 33.6 Å². The number of aliphatic hydroxyl groups excluding tert-OH is 1. The molecule has 3 rings (SSSR count). The molecule has 9 heteroatoms. The first-order chi connectivity index (χ1) is 18.6. The molecule has 39 heavy (non-hydrogen) atoms. The summed E-state index contributed by atoms with van der Waals surface area (Å²) < 4.78 is 23.0. The minimum absolute atomic E-state index is 0.0188. The standard InChI is InChI=1S/C30H40N2O7/c1-6-17-31-28(35)30(16-15-25(34)39-29(2,3)4)26(22-9-7-10-24(20-22)36-5)38-27(32-30)21-11-13-23(14-12-21)37-19-8-18-33/h7,9-14,20,26,33H,6,8,15-19H2,1-5H3,(H,31,35)/t26-,30-/m1/s1. The van der Waals surface area contributed by atoms with Gasteiger partial charge in [0, 0.05) is 31.6 Å². The lowest BCUT2D eigenvalue weighted by Gasteiger charge is -2.31. The molecule has 0 spiro atoms. The smallest absolute Gasteiger partial charge is 0.306 e. The number of nitrogens with zero attached hydrogens (tertiary/aromatic N) is 1. The number of ether oxygens (including phenoxy) is 4. The highest BCUT2D eigenvalue weighted by Crippen LogP contribution is 2.44. The van der Waals surface area contributed by atoms with E-state index in [0.717, 1.165) is 6.42 Å². The average Bonchev–Trinajstić information content (AvgIpc) is 3.31. The van der Waals surface area contributed by atoms with Crippen LogP contribution in [0.15, 0.2) is 53.5 Å². The number of benzene rings is 2. The lowest BCUT2D eigenvalue weighted by Crippen LogP contribution is -2.49. The van der Waals surface area contributed by atoms with E-state index in [9.17, 15) is 9.59 Å². The molecule has 0 bridgehead atoms. The lowest BCUT2D eigenvalue weighted by molar-refractivity contribution is -0.155. The van der Waals surface area contributed by atoms with Gasteiger partial charge in [-0.05, 0) is 75.6 Å². The summed E-state index contributed by atoms with van der Waals surface area (Å²) in [6, 6.07) is 14.5. The topological polar surface area (TPSA) is 116 Å². The zero-order valence-electron chi connectivity index (χ0n) is 23.5. The summed E-state index contributed by atoms with van der Waals surface area (Å²) in [5.41, 5.74) is -0.695. The molecule has 2 aromatic rings. The molecule has 0 radical (unpaired) electrons. The van der Waals surface area contributed by atoms with Gasteiger partial charge >= 0.3 is 5.97 Å². The van der Waals surface area contributed by atoms with Crippen LogP contribution >= 0.6 is 0 Å². The van der Waals surface area contributed by atoms with Crippen molar-refractivity contribution in [2.75, 3.05) is 26.9 Å². The Kier molecular flexibility index (Phi) is 10.3. The van der Waals surface area contributed by atoms with Crippen LogP contribution in [0.3, 0.4) is 0 Å². The molecule has 212 valence electrons. The largest absolute Gasteiger partial charge is 0.497 e. The Morgan fingerprint density at radius 1 is 1.13 bits per heavy atom. The first-order valence-electron chi connectivity index (χ1n) is 13.4. The summed E-state index contributed by atoms with van der Waals surface area (Å²) in [4.78, 5) is 31.4. The van der Waals surface area contributed by atoms with E-state index in [0.29, 0.717) is 48.1 Å².